The van der Waals surface area contributed by atoms with Crippen molar-refractivity contribution < 1.29 is 24.5 Å². The number of amides is 1. The van der Waals surface area contributed by atoms with Crippen LogP contribution in [0.5, 0.6) is 0 Å². The molecule has 2 heterocycles. The van der Waals surface area contributed by atoms with Crippen molar-refractivity contribution in [1.29, 1.82) is 0 Å². The van der Waals surface area contributed by atoms with E-state index in [1.165, 1.54) is 0 Å². The van der Waals surface area contributed by atoms with E-state index in [-0.39, 0.29) is 36.0 Å². The molecule has 1 amide bonds. The van der Waals surface area contributed by atoms with Crippen molar-refractivity contribution in [3.63, 3.8) is 0 Å². The molecular formula is C31H52N2O5. The predicted molar refractivity (Wildman–Crippen MR) is 153 cm³/mol. The molecule has 1 saturated heterocycles. The second kappa shape index (κ2) is 15.7. The smallest absolute Gasteiger partial charge is 0.243 e. The molecular weight excluding hydrogens is 480 g/mol. The summed E-state index contributed by atoms with van der Waals surface area (Å²) in [6.45, 7) is 12.8. The fraction of sp³-hybridized carbons (Fsp3) is 0.710. The molecule has 0 aromatic rings. The van der Waals surface area contributed by atoms with Crippen LogP contribution in [0.4, 0.5) is 0 Å². The molecule has 0 spiro atoms. The quantitative estimate of drug-likeness (QED) is 0.402. The number of carbonyl (C=O) groups excluding carboxylic acids is 1. The Hall–Kier alpha value is -1.77. The van der Waals surface area contributed by atoms with E-state index in [1.807, 2.05) is 33.0 Å². The zero-order valence-electron chi connectivity index (χ0n) is 24.5. The lowest BCUT2D eigenvalue weighted by Crippen LogP contribution is -2.54. The number of likely N-dealkylation sites (N-methyl/N-ethyl adjacent to an activating group) is 1. The third-order valence-electron chi connectivity index (χ3n) is 7.93. The molecule has 0 unspecified atom stereocenters. The summed E-state index contributed by atoms with van der Waals surface area (Å²) in [5, 5.41) is 27.9. The number of aliphatic hydroxyl groups is 2. The maximum Gasteiger partial charge on any atom is 0.243 e. The van der Waals surface area contributed by atoms with Crippen molar-refractivity contribution in [3.05, 3.63) is 48.1 Å². The van der Waals surface area contributed by atoms with E-state index >= 15 is 0 Å². The van der Waals surface area contributed by atoms with Gasteiger partial charge in [0.25, 0.3) is 0 Å². The van der Waals surface area contributed by atoms with Gasteiger partial charge in [0.2, 0.25) is 5.91 Å². The molecule has 7 nitrogen and oxygen atoms in total. The van der Waals surface area contributed by atoms with Crippen LogP contribution < -0.4 is 10.6 Å². The molecule has 0 bridgehead atoms. The standard InChI is InChI=1S/C31H52N2O5/c1-21-16-17-27(38-29-18-26(34)30(32-7)25(5)37-29)23(3)13-9-11-15-28(35)33-20-22(2)12-8-10-14-24(4)31(6,36)19-21/h9-11,13-16,22-27,29-30,32,34,36H,8,12,17-20H2,1-7H3,(H,33,35)/b13-9-,14-10+,15-11+,21-16+/t22-,23-,24+,25+,26-,27-,29-,30+,31-/m0/s1. The highest BCUT2D eigenvalue weighted by Crippen LogP contribution is 2.29. The molecule has 7 heteroatoms. The van der Waals surface area contributed by atoms with Crippen LogP contribution in [0.3, 0.4) is 0 Å². The first kappa shape index (κ1) is 32.4. The first-order chi connectivity index (χ1) is 17.9. The molecule has 0 radical (unpaired) electrons. The highest BCUT2D eigenvalue weighted by atomic mass is 16.7. The molecule has 2 aliphatic rings. The van der Waals surface area contributed by atoms with Gasteiger partial charge in [-0.3, -0.25) is 4.79 Å². The maximum atomic E-state index is 12.2. The average molecular weight is 533 g/mol. The number of allylic oxidation sites excluding steroid dienone is 3. The van der Waals surface area contributed by atoms with E-state index in [4.69, 9.17) is 9.47 Å². The summed E-state index contributed by atoms with van der Waals surface area (Å²) < 4.78 is 12.5. The fourth-order valence-electron chi connectivity index (χ4n) is 5.09. The third kappa shape index (κ3) is 10.8. The summed E-state index contributed by atoms with van der Waals surface area (Å²) in [5.41, 5.74) is 0.242. The van der Waals surface area contributed by atoms with E-state index < -0.39 is 18.0 Å². The van der Waals surface area contributed by atoms with Gasteiger partial charge in [0.05, 0.1) is 30.0 Å². The highest BCUT2D eigenvalue weighted by Gasteiger charge is 2.36. The normalized spacial score (nSPS) is 42.8. The van der Waals surface area contributed by atoms with Crippen LogP contribution in [-0.4, -0.2) is 66.0 Å². The number of hydrogen-bond acceptors (Lipinski definition) is 6. The van der Waals surface area contributed by atoms with Gasteiger partial charge in [0.15, 0.2) is 6.29 Å². The van der Waals surface area contributed by atoms with Crippen LogP contribution in [0.25, 0.3) is 0 Å². The number of ether oxygens (including phenoxy) is 2. The first-order valence-corrected chi connectivity index (χ1v) is 14.3. The average Bonchev–Trinajstić information content (AvgIpc) is 2.84. The largest absolute Gasteiger partial charge is 0.391 e. The van der Waals surface area contributed by atoms with Crippen LogP contribution in [0.15, 0.2) is 48.1 Å². The van der Waals surface area contributed by atoms with E-state index in [1.54, 1.807) is 12.2 Å². The third-order valence-corrected chi connectivity index (χ3v) is 7.93. The Morgan fingerprint density at radius 1 is 1.18 bits per heavy atom. The van der Waals surface area contributed by atoms with Gasteiger partial charge in [0, 0.05) is 30.9 Å². The highest BCUT2D eigenvalue weighted by molar-refractivity contribution is 5.87. The minimum absolute atomic E-state index is 0.00392. The predicted octanol–water partition coefficient (Wildman–Crippen LogP) is 4.42. The Balaban J connectivity index is 2.23. The number of carbonyl (C=O) groups is 1. The Morgan fingerprint density at radius 2 is 1.92 bits per heavy atom. The Kier molecular flexibility index (Phi) is 13.4. The molecule has 0 saturated carbocycles. The molecule has 9 atom stereocenters. The lowest BCUT2D eigenvalue weighted by Gasteiger charge is -2.39. The monoisotopic (exact) mass is 532 g/mol. The molecule has 1 fully saturated rings. The molecule has 38 heavy (non-hydrogen) atoms. The zero-order chi connectivity index (χ0) is 28.3. The number of aliphatic hydroxyl groups excluding tert-OH is 1. The van der Waals surface area contributed by atoms with Gasteiger partial charge in [-0.1, -0.05) is 62.8 Å². The van der Waals surface area contributed by atoms with E-state index in [9.17, 15) is 15.0 Å². The number of hydrogen-bond donors (Lipinski definition) is 4. The van der Waals surface area contributed by atoms with E-state index in [2.05, 4.69) is 56.6 Å². The summed E-state index contributed by atoms with van der Waals surface area (Å²) in [4.78, 5) is 12.2. The van der Waals surface area contributed by atoms with Crippen LogP contribution >= 0.6 is 0 Å². The summed E-state index contributed by atoms with van der Waals surface area (Å²) in [7, 11) is 1.82. The first-order valence-electron chi connectivity index (χ1n) is 14.3. The number of rotatable bonds is 3. The number of nitrogens with one attached hydrogen (secondary N) is 2. The molecule has 2 aliphatic heterocycles. The Morgan fingerprint density at radius 3 is 2.61 bits per heavy atom. The zero-order valence-corrected chi connectivity index (χ0v) is 24.5. The van der Waals surface area contributed by atoms with Gasteiger partial charge >= 0.3 is 0 Å². The molecule has 4 N–H and O–H groups in total. The SMILES string of the molecule is CN[C@H]1[C@@H](O)C[C@H](O[C@H]2C/C=C(\C)C[C@](C)(O)[C@H](C)/C=C/CC[C@H](C)CNC(=O)/C=C/C=C\[C@@H]2C)O[C@@H]1C. The van der Waals surface area contributed by atoms with Crippen molar-refractivity contribution in [2.45, 2.75) is 110 Å². The lowest BCUT2D eigenvalue weighted by atomic mass is 9.84. The van der Waals surface area contributed by atoms with Crippen LogP contribution in [-0.2, 0) is 14.3 Å². The van der Waals surface area contributed by atoms with Gasteiger partial charge in [-0.25, -0.2) is 0 Å². The topological polar surface area (TPSA) is 100 Å². The van der Waals surface area contributed by atoms with Gasteiger partial charge in [-0.2, -0.15) is 0 Å². The van der Waals surface area contributed by atoms with Crippen molar-refractivity contribution in [1.82, 2.24) is 10.6 Å². The maximum absolute atomic E-state index is 12.2. The minimum atomic E-state index is -0.863. The van der Waals surface area contributed by atoms with Gasteiger partial charge in [-0.05, 0) is 59.4 Å². The second-order valence-corrected chi connectivity index (χ2v) is 11.6. The van der Waals surface area contributed by atoms with E-state index in [0.717, 1.165) is 18.4 Å². The molecule has 216 valence electrons. The van der Waals surface area contributed by atoms with Crippen molar-refractivity contribution in [3.8, 4) is 0 Å². The Labute approximate surface area is 230 Å². The molecule has 2 rings (SSSR count). The second-order valence-electron chi connectivity index (χ2n) is 11.6. The summed E-state index contributed by atoms with van der Waals surface area (Å²) in [5.74, 6) is 0.290. The Bertz CT molecular complexity index is 837. The van der Waals surface area contributed by atoms with Gasteiger partial charge in [-0.15, -0.1) is 0 Å². The van der Waals surface area contributed by atoms with Gasteiger partial charge in [0.1, 0.15) is 0 Å². The summed E-state index contributed by atoms with van der Waals surface area (Å²) >= 11 is 0. The van der Waals surface area contributed by atoms with Gasteiger partial charge < -0.3 is 30.3 Å². The summed E-state index contributed by atoms with van der Waals surface area (Å²) in [6.07, 6.45) is 15.6. The van der Waals surface area contributed by atoms with Crippen molar-refractivity contribution in [2.24, 2.45) is 17.8 Å². The molecule has 0 aromatic heterocycles. The van der Waals surface area contributed by atoms with E-state index in [0.29, 0.717) is 31.7 Å². The molecule has 0 aliphatic carbocycles. The van der Waals surface area contributed by atoms with Crippen LogP contribution in [0, 0.1) is 17.8 Å². The van der Waals surface area contributed by atoms with Crippen LogP contribution in [0.2, 0.25) is 0 Å². The fourth-order valence-corrected chi connectivity index (χ4v) is 5.09. The summed E-state index contributed by atoms with van der Waals surface area (Å²) in [6, 6.07) is -0.134. The van der Waals surface area contributed by atoms with Crippen molar-refractivity contribution >= 4 is 5.91 Å². The van der Waals surface area contributed by atoms with Crippen LogP contribution in [0.1, 0.15) is 73.6 Å². The molecule has 0 aromatic carbocycles. The lowest BCUT2D eigenvalue weighted by molar-refractivity contribution is -0.241. The minimum Gasteiger partial charge on any atom is -0.391 e. The van der Waals surface area contributed by atoms with Crippen molar-refractivity contribution in [2.75, 3.05) is 13.6 Å².